The second kappa shape index (κ2) is 5.80. The minimum Gasteiger partial charge on any atom is -0.389 e. The molecule has 0 bridgehead atoms. The van der Waals surface area contributed by atoms with E-state index in [2.05, 4.69) is 4.90 Å². The minimum absolute atomic E-state index is 0.336. The van der Waals surface area contributed by atoms with Gasteiger partial charge in [0.2, 0.25) is 0 Å². The molecule has 1 heterocycles. The lowest BCUT2D eigenvalue weighted by atomic mass is 10.0. The molecule has 90 valence electrons. The van der Waals surface area contributed by atoms with E-state index in [1.807, 2.05) is 0 Å². The highest BCUT2D eigenvalue weighted by Gasteiger charge is 2.25. The molecule has 1 aliphatic heterocycles. The van der Waals surface area contributed by atoms with E-state index in [1.165, 1.54) is 6.42 Å². The number of hydrogen-bond donors (Lipinski definition) is 2. The van der Waals surface area contributed by atoms with E-state index >= 15 is 0 Å². The smallest absolute Gasteiger partial charge is 0.0753 e. The van der Waals surface area contributed by atoms with Crippen molar-refractivity contribution in [1.29, 1.82) is 0 Å². The topological polar surface area (TPSA) is 58.7 Å². The number of nitrogens with two attached hydrogens (primary N) is 1. The lowest BCUT2D eigenvalue weighted by molar-refractivity contribution is 0.0493. The summed E-state index contributed by atoms with van der Waals surface area (Å²) < 4.78 is 5.14. The highest BCUT2D eigenvalue weighted by Crippen LogP contribution is 2.18. The average molecular weight is 216 g/mol. The van der Waals surface area contributed by atoms with E-state index < -0.39 is 5.60 Å². The van der Waals surface area contributed by atoms with Crippen LogP contribution in [0, 0.1) is 5.92 Å². The van der Waals surface area contributed by atoms with Crippen LogP contribution >= 0.6 is 0 Å². The second-order valence-corrected chi connectivity index (χ2v) is 4.86. The summed E-state index contributed by atoms with van der Waals surface area (Å²) >= 11 is 0. The second-order valence-electron chi connectivity index (χ2n) is 4.86. The summed E-state index contributed by atoms with van der Waals surface area (Å²) in [4.78, 5) is 2.38. The molecule has 1 saturated heterocycles. The van der Waals surface area contributed by atoms with Gasteiger partial charge in [-0.25, -0.2) is 0 Å². The van der Waals surface area contributed by atoms with E-state index in [0.717, 1.165) is 32.7 Å². The summed E-state index contributed by atoms with van der Waals surface area (Å²) in [6.45, 7) is 6.13. The number of likely N-dealkylation sites (tertiary alicyclic amines) is 1. The first-order chi connectivity index (χ1) is 7.07. The molecule has 4 nitrogen and oxygen atoms in total. The van der Waals surface area contributed by atoms with Crippen LogP contribution in [0.1, 0.15) is 19.8 Å². The quantitative estimate of drug-likeness (QED) is 0.659. The van der Waals surface area contributed by atoms with Crippen LogP contribution in [0.2, 0.25) is 0 Å². The van der Waals surface area contributed by atoms with Gasteiger partial charge in [0.25, 0.3) is 0 Å². The van der Waals surface area contributed by atoms with E-state index in [0.29, 0.717) is 12.5 Å². The van der Waals surface area contributed by atoms with Crippen molar-refractivity contribution in [3.8, 4) is 0 Å². The van der Waals surface area contributed by atoms with E-state index in [4.69, 9.17) is 10.5 Å². The van der Waals surface area contributed by atoms with Gasteiger partial charge in [0, 0.05) is 26.7 Å². The number of ether oxygens (including phenoxy) is 1. The Hall–Kier alpha value is -0.160. The molecule has 0 aromatic heterocycles. The molecule has 3 N–H and O–H groups in total. The molecule has 2 unspecified atom stereocenters. The fourth-order valence-corrected chi connectivity index (χ4v) is 1.99. The summed E-state index contributed by atoms with van der Waals surface area (Å²) in [5, 5.41) is 9.78. The fraction of sp³-hybridized carbons (Fsp3) is 1.00. The SMILES string of the molecule is COCC1CCN(CCC(C)(O)CN)C1. The molecule has 1 aliphatic rings. The standard InChI is InChI=1S/C11H24N2O2/c1-11(14,9-12)4-6-13-5-3-10(7-13)8-15-2/h10,14H,3-9,12H2,1-2H3. The van der Waals surface area contributed by atoms with Gasteiger partial charge in [-0.2, -0.15) is 0 Å². The van der Waals surface area contributed by atoms with Gasteiger partial charge in [0.05, 0.1) is 12.2 Å². The molecule has 0 amide bonds. The minimum atomic E-state index is -0.709. The molecule has 0 saturated carbocycles. The number of hydrogen-bond acceptors (Lipinski definition) is 4. The van der Waals surface area contributed by atoms with Crippen LogP contribution in [-0.2, 0) is 4.74 Å². The van der Waals surface area contributed by atoms with Crippen molar-refractivity contribution in [1.82, 2.24) is 4.90 Å². The molecule has 0 spiro atoms. The van der Waals surface area contributed by atoms with Gasteiger partial charge in [0.15, 0.2) is 0 Å². The first-order valence-corrected chi connectivity index (χ1v) is 5.71. The van der Waals surface area contributed by atoms with Gasteiger partial charge in [-0.1, -0.05) is 0 Å². The summed E-state index contributed by atoms with van der Waals surface area (Å²) in [5.74, 6) is 0.665. The van der Waals surface area contributed by atoms with Crippen LogP contribution in [-0.4, -0.2) is 55.5 Å². The monoisotopic (exact) mass is 216 g/mol. The van der Waals surface area contributed by atoms with E-state index in [1.54, 1.807) is 14.0 Å². The van der Waals surface area contributed by atoms with Crippen LogP contribution in [0.25, 0.3) is 0 Å². The Morgan fingerprint density at radius 3 is 2.93 bits per heavy atom. The molecule has 4 heteroatoms. The van der Waals surface area contributed by atoms with Crippen molar-refractivity contribution in [2.24, 2.45) is 11.7 Å². The van der Waals surface area contributed by atoms with Crippen LogP contribution in [0.15, 0.2) is 0 Å². The molecule has 0 radical (unpaired) electrons. The number of nitrogens with zero attached hydrogens (tertiary/aromatic N) is 1. The molecule has 1 rings (SSSR count). The first-order valence-electron chi connectivity index (χ1n) is 5.71. The normalized spacial score (nSPS) is 26.8. The maximum absolute atomic E-state index is 9.78. The van der Waals surface area contributed by atoms with Crippen molar-refractivity contribution >= 4 is 0 Å². The maximum Gasteiger partial charge on any atom is 0.0753 e. The Morgan fingerprint density at radius 1 is 1.60 bits per heavy atom. The Bertz CT molecular complexity index is 185. The van der Waals surface area contributed by atoms with Crippen LogP contribution in [0.3, 0.4) is 0 Å². The summed E-state index contributed by atoms with van der Waals surface area (Å²) in [6.07, 6.45) is 1.96. The molecule has 0 aromatic rings. The zero-order valence-corrected chi connectivity index (χ0v) is 9.91. The average Bonchev–Trinajstić information content (AvgIpc) is 2.64. The highest BCUT2D eigenvalue weighted by molar-refractivity contribution is 4.79. The van der Waals surface area contributed by atoms with Crippen LogP contribution in [0.5, 0.6) is 0 Å². The van der Waals surface area contributed by atoms with Crippen molar-refractivity contribution in [3.63, 3.8) is 0 Å². The predicted octanol–water partition coefficient (Wildman–Crippen LogP) is 0.0545. The lowest BCUT2D eigenvalue weighted by Crippen LogP contribution is -2.38. The zero-order chi connectivity index (χ0) is 11.3. The van der Waals surface area contributed by atoms with Gasteiger partial charge in [-0.05, 0) is 32.2 Å². The lowest BCUT2D eigenvalue weighted by Gasteiger charge is -2.24. The Kier molecular flexibility index (Phi) is 4.99. The van der Waals surface area contributed by atoms with Crippen molar-refractivity contribution in [2.75, 3.05) is 39.9 Å². The van der Waals surface area contributed by atoms with E-state index in [-0.39, 0.29) is 0 Å². The number of aliphatic hydroxyl groups is 1. The highest BCUT2D eigenvalue weighted by atomic mass is 16.5. The largest absolute Gasteiger partial charge is 0.389 e. The summed E-state index contributed by atoms with van der Waals surface area (Å²) in [7, 11) is 1.75. The molecule has 1 fully saturated rings. The molecular formula is C11H24N2O2. The number of methoxy groups -OCH3 is 1. The third kappa shape index (κ3) is 4.47. The Balaban J connectivity index is 2.19. The number of rotatable bonds is 6. The van der Waals surface area contributed by atoms with Gasteiger partial charge >= 0.3 is 0 Å². The van der Waals surface area contributed by atoms with Gasteiger partial charge in [0.1, 0.15) is 0 Å². The van der Waals surface area contributed by atoms with Gasteiger partial charge < -0.3 is 20.5 Å². The summed E-state index contributed by atoms with van der Waals surface area (Å²) in [6, 6.07) is 0. The van der Waals surface area contributed by atoms with Gasteiger partial charge in [-0.15, -0.1) is 0 Å². The predicted molar refractivity (Wildman–Crippen MR) is 60.7 cm³/mol. The third-order valence-corrected chi connectivity index (χ3v) is 3.18. The summed E-state index contributed by atoms with van der Waals surface area (Å²) in [5.41, 5.74) is 4.77. The molecule has 2 atom stereocenters. The van der Waals surface area contributed by atoms with Gasteiger partial charge in [-0.3, -0.25) is 0 Å². The van der Waals surface area contributed by atoms with E-state index in [9.17, 15) is 5.11 Å². The third-order valence-electron chi connectivity index (χ3n) is 3.18. The fourth-order valence-electron chi connectivity index (χ4n) is 1.99. The van der Waals surface area contributed by atoms with Crippen LogP contribution in [0.4, 0.5) is 0 Å². The maximum atomic E-state index is 9.78. The molecular weight excluding hydrogens is 192 g/mol. The van der Waals surface area contributed by atoms with Crippen molar-refractivity contribution in [2.45, 2.75) is 25.4 Å². The van der Waals surface area contributed by atoms with Crippen molar-refractivity contribution in [3.05, 3.63) is 0 Å². The Morgan fingerprint density at radius 2 is 2.33 bits per heavy atom. The van der Waals surface area contributed by atoms with Crippen LogP contribution < -0.4 is 5.73 Å². The Labute approximate surface area is 92.4 Å². The zero-order valence-electron chi connectivity index (χ0n) is 9.91. The molecule has 0 aliphatic carbocycles. The van der Waals surface area contributed by atoms with Crippen molar-refractivity contribution < 1.29 is 9.84 Å². The first kappa shape index (κ1) is 12.9. The molecule has 15 heavy (non-hydrogen) atoms. The molecule has 0 aromatic carbocycles.